The highest BCUT2D eigenvalue weighted by molar-refractivity contribution is 14.1. The number of aromatic hydroxyl groups is 1. The SMILES string of the molecule is N[C@H](CCF)c1cc(I)cc(I)c1O. The van der Waals surface area contributed by atoms with E-state index in [0.717, 1.165) is 7.14 Å². The summed E-state index contributed by atoms with van der Waals surface area (Å²) < 4.78 is 13.8. The molecule has 2 nitrogen and oxygen atoms in total. The summed E-state index contributed by atoms with van der Waals surface area (Å²) in [6.07, 6.45) is 0.240. The summed E-state index contributed by atoms with van der Waals surface area (Å²) in [5, 5.41) is 9.71. The Morgan fingerprint density at radius 2 is 2.07 bits per heavy atom. The second-order valence-corrected chi connectivity index (χ2v) is 5.32. The van der Waals surface area contributed by atoms with E-state index >= 15 is 0 Å². The normalized spacial score (nSPS) is 12.9. The van der Waals surface area contributed by atoms with Crippen LogP contribution in [0.2, 0.25) is 0 Å². The van der Waals surface area contributed by atoms with Crippen molar-refractivity contribution in [1.29, 1.82) is 0 Å². The van der Waals surface area contributed by atoms with E-state index in [9.17, 15) is 9.50 Å². The Balaban J connectivity index is 3.07. The zero-order chi connectivity index (χ0) is 10.7. The van der Waals surface area contributed by atoms with Crippen molar-refractivity contribution in [2.45, 2.75) is 12.5 Å². The number of rotatable bonds is 3. The molecule has 0 radical (unpaired) electrons. The van der Waals surface area contributed by atoms with Crippen molar-refractivity contribution in [2.75, 3.05) is 6.67 Å². The van der Waals surface area contributed by atoms with E-state index in [2.05, 4.69) is 22.6 Å². The number of hydrogen-bond donors (Lipinski definition) is 2. The number of alkyl halides is 1. The van der Waals surface area contributed by atoms with Crippen molar-refractivity contribution >= 4 is 45.2 Å². The number of phenols is 1. The number of hydrogen-bond acceptors (Lipinski definition) is 2. The summed E-state index contributed by atoms with van der Waals surface area (Å²) in [5.41, 5.74) is 6.36. The van der Waals surface area contributed by atoms with Crippen LogP contribution in [0, 0.1) is 7.14 Å². The fourth-order valence-electron chi connectivity index (χ4n) is 1.14. The third kappa shape index (κ3) is 2.93. The van der Waals surface area contributed by atoms with Gasteiger partial charge in [0, 0.05) is 15.2 Å². The molecule has 0 fully saturated rings. The van der Waals surface area contributed by atoms with Gasteiger partial charge in [0.1, 0.15) is 5.75 Å². The largest absolute Gasteiger partial charge is 0.506 e. The molecule has 1 aromatic carbocycles. The molecule has 3 N–H and O–H groups in total. The summed E-state index contributed by atoms with van der Waals surface area (Å²) in [6.45, 7) is -0.470. The van der Waals surface area contributed by atoms with Crippen LogP contribution < -0.4 is 5.73 Å². The van der Waals surface area contributed by atoms with Crippen molar-refractivity contribution in [2.24, 2.45) is 5.73 Å². The quantitative estimate of drug-likeness (QED) is 0.738. The fraction of sp³-hybridized carbons (Fsp3) is 0.333. The maximum absolute atomic E-state index is 12.1. The molecular weight excluding hydrogens is 411 g/mol. The van der Waals surface area contributed by atoms with Crippen LogP contribution in [0.4, 0.5) is 4.39 Å². The van der Waals surface area contributed by atoms with E-state index < -0.39 is 12.7 Å². The van der Waals surface area contributed by atoms with Gasteiger partial charge < -0.3 is 10.8 Å². The van der Waals surface area contributed by atoms with Gasteiger partial charge in [-0.15, -0.1) is 0 Å². The average Bonchev–Trinajstić information content (AvgIpc) is 2.11. The minimum atomic E-state index is -0.470. The predicted molar refractivity (Wildman–Crippen MR) is 71.1 cm³/mol. The van der Waals surface area contributed by atoms with Crippen LogP contribution in [0.3, 0.4) is 0 Å². The molecule has 14 heavy (non-hydrogen) atoms. The third-order valence-electron chi connectivity index (χ3n) is 1.88. The molecule has 78 valence electrons. The Labute approximate surface area is 109 Å². The zero-order valence-corrected chi connectivity index (χ0v) is 11.6. The van der Waals surface area contributed by atoms with Gasteiger partial charge in [0.05, 0.1) is 10.2 Å². The van der Waals surface area contributed by atoms with Crippen molar-refractivity contribution < 1.29 is 9.50 Å². The molecule has 0 heterocycles. The molecule has 0 saturated heterocycles. The Bertz CT molecular complexity index is 333. The van der Waals surface area contributed by atoms with E-state index in [1.54, 1.807) is 6.07 Å². The molecular formula is C9H10FI2NO. The molecule has 0 aliphatic rings. The lowest BCUT2D eigenvalue weighted by atomic mass is 10.0. The number of nitrogens with two attached hydrogens (primary N) is 1. The molecule has 1 aromatic rings. The van der Waals surface area contributed by atoms with Gasteiger partial charge in [-0.3, -0.25) is 4.39 Å². The van der Waals surface area contributed by atoms with Gasteiger partial charge in [-0.2, -0.15) is 0 Å². The first-order valence-electron chi connectivity index (χ1n) is 4.05. The fourth-order valence-corrected chi connectivity index (χ4v) is 3.03. The molecule has 1 rings (SSSR count). The topological polar surface area (TPSA) is 46.2 Å². The van der Waals surface area contributed by atoms with Crippen LogP contribution in [-0.2, 0) is 0 Å². The highest BCUT2D eigenvalue weighted by Gasteiger charge is 2.13. The summed E-state index contributed by atoms with van der Waals surface area (Å²) in [7, 11) is 0. The number of halogens is 3. The van der Waals surface area contributed by atoms with Gasteiger partial charge in [-0.05, 0) is 63.7 Å². The van der Waals surface area contributed by atoms with Gasteiger partial charge >= 0.3 is 0 Å². The first-order chi connectivity index (χ1) is 6.56. The van der Waals surface area contributed by atoms with Crippen molar-refractivity contribution in [1.82, 2.24) is 0 Å². The Morgan fingerprint density at radius 3 is 2.64 bits per heavy atom. The van der Waals surface area contributed by atoms with E-state index in [0.29, 0.717) is 5.56 Å². The second kappa shape index (κ2) is 5.45. The lowest BCUT2D eigenvalue weighted by molar-refractivity contribution is 0.422. The van der Waals surface area contributed by atoms with E-state index in [4.69, 9.17) is 5.73 Å². The highest BCUT2D eigenvalue weighted by atomic mass is 127. The molecule has 0 aliphatic heterocycles. The lowest BCUT2D eigenvalue weighted by Gasteiger charge is -2.13. The van der Waals surface area contributed by atoms with Crippen molar-refractivity contribution in [3.8, 4) is 5.75 Å². The molecule has 5 heteroatoms. The molecule has 0 amide bonds. The van der Waals surface area contributed by atoms with Crippen molar-refractivity contribution in [3.63, 3.8) is 0 Å². The zero-order valence-electron chi connectivity index (χ0n) is 7.30. The molecule has 0 aromatic heterocycles. The summed E-state index contributed by atoms with van der Waals surface area (Å²) >= 11 is 4.18. The molecule has 1 atom stereocenters. The van der Waals surface area contributed by atoms with Gasteiger partial charge in [0.2, 0.25) is 0 Å². The Morgan fingerprint density at radius 1 is 1.43 bits per heavy atom. The lowest BCUT2D eigenvalue weighted by Crippen LogP contribution is -2.11. The smallest absolute Gasteiger partial charge is 0.133 e. The summed E-state index contributed by atoms with van der Waals surface area (Å²) in [6, 6.07) is 3.21. The maximum Gasteiger partial charge on any atom is 0.133 e. The molecule has 0 saturated carbocycles. The van der Waals surface area contributed by atoms with Crippen LogP contribution in [0.5, 0.6) is 5.75 Å². The highest BCUT2D eigenvalue weighted by Crippen LogP contribution is 2.31. The monoisotopic (exact) mass is 421 g/mol. The maximum atomic E-state index is 12.1. The van der Waals surface area contributed by atoms with Gasteiger partial charge in [-0.25, -0.2) is 0 Å². The molecule has 0 spiro atoms. The minimum absolute atomic E-state index is 0.173. The molecule has 0 unspecified atom stereocenters. The standard InChI is InChI=1S/C9H10FI2NO/c10-2-1-8(13)6-3-5(11)4-7(12)9(6)14/h3-4,8,14H,1-2,13H2/t8-/m1/s1. The first kappa shape index (κ1) is 12.4. The van der Waals surface area contributed by atoms with E-state index in [1.165, 1.54) is 0 Å². The second-order valence-electron chi connectivity index (χ2n) is 2.91. The number of benzene rings is 1. The summed E-state index contributed by atoms with van der Waals surface area (Å²) in [4.78, 5) is 0. The van der Waals surface area contributed by atoms with E-state index in [1.807, 2.05) is 28.7 Å². The molecule has 0 bridgehead atoms. The van der Waals surface area contributed by atoms with Crippen LogP contribution in [0.15, 0.2) is 12.1 Å². The Kier molecular flexibility index (Phi) is 4.84. The van der Waals surface area contributed by atoms with Gasteiger partial charge in [-0.1, -0.05) is 0 Å². The minimum Gasteiger partial charge on any atom is -0.506 e. The van der Waals surface area contributed by atoms with Gasteiger partial charge in [0.15, 0.2) is 0 Å². The number of phenolic OH excluding ortho intramolecular Hbond substituents is 1. The first-order valence-corrected chi connectivity index (χ1v) is 6.21. The Hall–Kier alpha value is 0.370. The summed E-state index contributed by atoms with van der Waals surface area (Å²) in [5.74, 6) is 0.173. The van der Waals surface area contributed by atoms with Crippen molar-refractivity contribution in [3.05, 3.63) is 24.8 Å². The van der Waals surface area contributed by atoms with Gasteiger partial charge in [0.25, 0.3) is 0 Å². The van der Waals surface area contributed by atoms with Crippen LogP contribution in [0.25, 0.3) is 0 Å². The van der Waals surface area contributed by atoms with Crippen LogP contribution in [0.1, 0.15) is 18.0 Å². The molecule has 0 aliphatic carbocycles. The average molecular weight is 421 g/mol. The van der Waals surface area contributed by atoms with Crippen LogP contribution >= 0.6 is 45.2 Å². The van der Waals surface area contributed by atoms with Crippen LogP contribution in [-0.4, -0.2) is 11.8 Å². The third-order valence-corrected chi connectivity index (χ3v) is 3.32. The van der Waals surface area contributed by atoms with E-state index in [-0.39, 0.29) is 12.2 Å². The predicted octanol–water partition coefficient (Wildman–Crippen LogP) is 2.96.